The number of hydrogen-bond acceptors (Lipinski definition) is 8. The number of nitrogens with two attached hydrogens (primary N) is 2. The molecule has 11 heteroatoms. The van der Waals surface area contributed by atoms with Crippen LogP contribution in [0.1, 0.15) is 45.0 Å². The van der Waals surface area contributed by atoms with Crippen molar-refractivity contribution in [2.24, 2.45) is 11.5 Å². The molecule has 0 heterocycles. The van der Waals surface area contributed by atoms with Crippen LogP contribution in [0.25, 0.3) is 0 Å². The number of carbonyl (C=O) groups is 2. The van der Waals surface area contributed by atoms with Gasteiger partial charge in [0.25, 0.3) is 0 Å². The molecule has 0 aliphatic heterocycles. The molecule has 7 N–H and O–H groups in total. The van der Waals surface area contributed by atoms with Gasteiger partial charge in [0, 0.05) is 14.1 Å². The smallest absolute Gasteiger partial charge is 0.338 e. The van der Waals surface area contributed by atoms with Crippen molar-refractivity contribution in [1.29, 1.82) is 0 Å². The Hall–Kier alpha value is -2.02. The van der Waals surface area contributed by atoms with E-state index in [0.717, 1.165) is 0 Å². The normalized spacial score (nSPS) is 31.6. The van der Waals surface area contributed by atoms with Crippen molar-refractivity contribution in [1.82, 2.24) is 10.2 Å². The monoisotopic (exact) mass is 524 g/mol. The summed E-state index contributed by atoms with van der Waals surface area (Å²) in [6.07, 6.45) is -0.864. The number of amides is 2. The Morgan fingerprint density at radius 1 is 1.14 bits per heavy atom. The van der Waals surface area contributed by atoms with Gasteiger partial charge in [-0.15, -0.1) is 0 Å². The molecule has 0 unspecified atom stereocenters. The SMILES string of the molecule is C[C@H](O[Si](C)(C)C(C)(C)C)[C@]1(NC(=O)N(C)C)[C@@H](N)[C@H](N)[C@](O)(COC(=O)c2ccccc2)[C@]1(C)O. The van der Waals surface area contributed by atoms with Crippen LogP contribution in [0.15, 0.2) is 30.3 Å². The average Bonchev–Trinajstić information content (AvgIpc) is 2.88. The van der Waals surface area contributed by atoms with Crippen LogP contribution in [0, 0.1) is 0 Å². The summed E-state index contributed by atoms with van der Waals surface area (Å²) in [5.74, 6) is -0.694. The fourth-order valence-electron chi connectivity index (χ4n) is 4.63. The lowest BCUT2D eigenvalue weighted by molar-refractivity contribution is -0.185. The summed E-state index contributed by atoms with van der Waals surface area (Å²) in [4.78, 5) is 26.9. The number of nitrogens with one attached hydrogen (secondary N) is 1. The summed E-state index contributed by atoms with van der Waals surface area (Å²) >= 11 is 0. The number of aliphatic hydroxyl groups is 2. The van der Waals surface area contributed by atoms with Gasteiger partial charge in [-0.05, 0) is 44.1 Å². The zero-order valence-corrected chi connectivity index (χ0v) is 24.0. The number of nitrogens with zero attached hydrogens (tertiary/aromatic N) is 1. The highest BCUT2D eigenvalue weighted by molar-refractivity contribution is 6.74. The molecule has 0 saturated heterocycles. The van der Waals surface area contributed by atoms with Crippen molar-refractivity contribution in [2.45, 2.75) is 87.7 Å². The van der Waals surface area contributed by atoms with E-state index < -0.39 is 61.9 Å². The van der Waals surface area contributed by atoms with E-state index in [9.17, 15) is 19.8 Å². The molecule has 0 spiro atoms. The third kappa shape index (κ3) is 4.92. The number of carbonyl (C=O) groups excluding carboxylic acids is 2. The molecule has 36 heavy (non-hydrogen) atoms. The molecule has 1 aromatic rings. The van der Waals surface area contributed by atoms with Gasteiger partial charge in [0.05, 0.1) is 23.8 Å². The molecular formula is C25H44N4O6Si. The molecule has 204 valence electrons. The highest BCUT2D eigenvalue weighted by Crippen LogP contribution is 2.50. The van der Waals surface area contributed by atoms with Gasteiger partial charge in [-0.25, -0.2) is 9.59 Å². The fourth-order valence-corrected chi connectivity index (χ4v) is 6.05. The Balaban J connectivity index is 2.55. The number of urea groups is 1. The molecule has 1 aliphatic carbocycles. The highest BCUT2D eigenvalue weighted by atomic mass is 28.4. The number of benzene rings is 1. The molecule has 0 radical (unpaired) electrons. The maximum atomic E-state index is 13.0. The topological polar surface area (TPSA) is 160 Å². The molecule has 0 aromatic heterocycles. The second kappa shape index (κ2) is 10.0. The van der Waals surface area contributed by atoms with Crippen LogP contribution in [0.4, 0.5) is 4.79 Å². The van der Waals surface area contributed by atoms with Crippen LogP contribution >= 0.6 is 0 Å². The van der Waals surface area contributed by atoms with Gasteiger partial charge in [0.15, 0.2) is 8.32 Å². The second-order valence-corrected chi connectivity index (χ2v) is 16.5. The largest absolute Gasteiger partial charge is 0.459 e. The van der Waals surface area contributed by atoms with E-state index in [2.05, 4.69) is 26.1 Å². The molecule has 1 aliphatic rings. The Morgan fingerprint density at radius 3 is 2.14 bits per heavy atom. The third-order valence-electron chi connectivity index (χ3n) is 8.18. The minimum absolute atomic E-state index is 0.188. The first-order chi connectivity index (χ1) is 16.3. The van der Waals surface area contributed by atoms with Gasteiger partial charge in [0.2, 0.25) is 0 Å². The predicted molar refractivity (Wildman–Crippen MR) is 141 cm³/mol. The first-order valence-electron chi connectivity index (χ1n) is 12.1. The molecule has 2 rings (SSSR count). The Bertz CT molecular complexity index is 952. The molecule has 10 nitrogen and oxygen atoms in total. The molecular weight excluding hydrogens is 480 g/mol. The standard InChI is InChI=1S/C25H44N4O6Si/c1-16(35-36(8,9)22(2,3)4)25(28-21(31)29(6)7)19(27)18(26)24(33,23(25,5)32)15-34-20(30)17-13-11-10-12-14-17/h10-14,16,18-19,32-33H,15,26-27H2,1-9H3,(H,28,31)/t16-,18-,19-,23-,24+,25-/m0/s1. The average molecular weight is 525 g/mol. The van der Waals surface area contributed by atoms with Crippen LogP contribution < -0.4 is 16.8 Å². The molecule has 1 aromatic carbocycles. The Kier molecular flexibility index (Phi) is 8.42. The number of rotatable bonds is 7. The summed E-state index contributed by atoms with van der Waals surface area (Å²) in [6.45, 7) is 12.7. The highest BCUT2D eigenvalue weighted by Gasteiger charge is 2.76. The van der Waals surface area contributed by atoms with Gasteiger partial charge in [-0.1, -0.05) is 39.0 Å². The van der Waals surface area contributed by atoms with Crippen molar-refractivity contribution >= 4 is 20.3 Å². The molecule has 1 saturated carbocycles. The van der Waals surface area contributed by atoms with Crippen molar-refractivity contribution in [3.05, 3.63) is 35.9 Å². The van der Waals surface area contributed by atoms with Crippen molar-refractivity contribution in [3.63, 3.8) is 0 Å². The van der Waals surface area contributed by atoms with Gasteiger partial charge < -0.3 is 41.1 Å². The number of ether oxygens (including phenoxy) is 1. The van der Waals surface area contributed by atoms with Crippen LogP contribution in [0.5, 0.6) is 0 Å². The minimum Gasteiger partial charge on any atom is -0.459 e. The lowest BCUT2D eigenvalue weighted by Crippen LogP contribution is -2.77. The molecule has 2 amide bonds. The molecule has 1 fully saturated rings. The van der Waals surface area contributed by atoms with E-state index in [0.29, 0.717) is 0 Å². The maximum absolute atomic E-state index is 13.0. The quantitative estimate of drug-likeness (QED) is 0.264. The lowest BCUT2D eigenvalue weighted by atomic mass is 9.73. The number of esters is 1. The summed E-state index contributed by atoms with van der Waals surface area (Å²) < 4.78 is 12.0. The lowest BCUT2D eigenvalue weighted by Gasteiger charge is -2.52. The van der Waals surface area contributed by atoms with E-state index in [1.54, 1.807) is 51.4 Å². The van der Waals surface area contributed by atoms with E-state index in [1.165, 1.54) is 11.8 Å². The van der Waals surface area contributed by atoms with Gasteiger partial charge in [-0.3, -0.25) is 0 Å². The van der Waals surface area contributed by atoms with Gasteiger partial charge in [-0.2, -0.15) is 0 Å². The molecule has 0 bridgehead atoms. The number of hydrogen-bond donors (Lipinski definition) is 5. The molecule has 6 atom stereocenters. The van der Waals surface area contributed by atoms with E-state index in [-0.39, 0.29) is 10.6 Å². The zero-order chi connectivity index (χ0) is 27.9. The minimum atomic E-state index is -2.44. The van der Waals surface area contributed by atoms with Crippen LogP contribution in [-0.2, 0) is 9.16 Å². The van der Waals surface area contributed by atoms with E-state index >= 15 is 0 Å². The first-order valence-corrected chi connectivity index (χ1v) is 15.0. The predicted octanol–water partition coefficient (Wildman–Crippen LogP) is 1.41. The third-order valence-corrected chi connectivity index (χ3v) is 12.7. The van der Waals surface area contributed by atoms with Gasteiger partial charge in [0.1, 0.15) is 23.3 Å². The Morgan fingerprint density at radius 2 is 1.67 bits per heavy atom. The van der Waals surface area contributed by atoms with Gasteiger partial charge >= 0.3 is 12.0 Å². The van der Waals surface area contributed by atoms with Crippen LogP contribution in [0.2, 0.25) is 18.1 Å². The zero-order valence-electron chi connectivity index (χ0n) is 23.0. The summed E-state index contributed by atoms with van der Waals surface area (Å²) in [5, 5.41) is 26.5. The van der Waals surface area contributed by atoms with Crippen molar-refractivity contribution in [2.75, 3.05) is 20.7 Å². The van der Waals surface area contributed by atoms with E-state index in [1.807, 2.05) is 13.1 Å². The maximum Gasteiger partial charge on any atom is 0.338 e. The Labute approximate surface area is 215 Å². The summed E-state index contributed by atoms with van der Waals surface area (Å²) in [5.41, 5.74) is 7.24. The fraction of sp³-hybridized carbons (Fsp3) is 0.680. The summed E-state index contributed by atoms with van der Waals surface area (Å²) in [6, 6.07) is 5.28. The second-order valence-electron chi connectivity index (χ2n) is 11.7. The van der Waals surface area contributed by atoms with Crippen molar-refractivity contribution in [3.8, 4) is 0 Å². The van der Waals surface area contributed by atoms with E-state index in [4.69, 9.17) is 20.6 Å². The summed E-state index contributed by atoms with van der Waals surface area (Å²) in [7, 11) is 0.653. The van der Waals surface area contributed by atoms with Crippen LogP contribution in [0.3, 0.4) is 0 Å². The van der Waals surface area contributed by atoms with Crippen molar-refractivity contribution < 1.29 is 29.0 Å². The van der Waals surface area contributed by atoms with Crippen LogP contribution in [-0.4, -0.2) is 91.1 Å². The first kappa shape index (κ1) is 30.2.